The predicted octanol–water partition coefficient (Wildman–Crippen LogP) is 1.12. The maximum absolute atomic E-state index is 10.4. The number of para-hydroxylation sites is 1. The van der Waals surface area contributed by atoms with Crippen LogP contribution in [0.4, 0.5) is 0 Å². The number of rotatable bonds is 0. The Morgan fingerprint density at radius 1 is 1.10 bits per heavy atom. The van der Waals surface area contributed by atoms with Crippen molar-refractivity contribution >= 4 is 14.5 Å². The fraction of sp³-hybridized carbons (Fsp3) is 0.562. The maximum Gasteiger partial charge on any atom is 2.00 e. The Bertz CT molecular complexity index is 429. The summed E-state index contributed by atoms with van der Waals surface area (Å²) in [6.45, 7) is 15.3. The zero-order valence-electron chi connectivity index (χ0n) is 13.9. The minimum Gasteiger partial charge on any atom is -1.00 e. The third kappa shape index (κ3) is 20.1. The quantitative estimate of drug-likeness (QED) is 0.350. The van der Waals surface area contributed by atoms with E-state index < -0.39 is 0 Å². The smallest absolute Gasteiger partial charge is 1.00 e. The van der Waals surface area contributed by atoms with Gasteiger partial charge in [-0.3, -0.25) is 4.79 Å². The SMILES string of the molecule is CC(=O)N=c1cccc[cH-]1.CC(C)(C)PC(C)(C)C.[Cl-].[Pd+2]. The van der Waals surface area contributed by atoms with Crippen LogP contribution in [-0.4, -0.2) is 16.2 Å². The molecule has 0 heterocycles. The maximum atomic E-state index is 10.4. The van der Waals surface area contributed by atoms with Crippen molar-refractivity contribution < 1.29 is 37.6 Å². The molecule has 0 aliphatic heterocycles. The molecule has 2 nitrogen and oxygen atoms in total. The van der Waals surface area contributed by atoms with E-state index in [-0.39, 0.29) is 38.7 Å². The Balaban J connectivity index is -0.000000284. The molecule has 0 bridgehead atoms. The summed E-state index contributed by atoms with van der Waals surface area (Å²) in [4.78, 5) is 14.2. The molecule has 0 radical (unpaired) electrons. The standard InChI is InChI=1S/C8H8NO.C8H19P.ClH.Pd/c1-7(10)9-8-5-3-2-4-6-8;1-7(2,3)9-8(4,5)6;;/h2-6H,1H3;9H,1-6H3;1H;/q-1;;;+2/p-1. The van der Waals surface area contributed by atoms with Crippen LogP contribution in [0.1, 0.15) is 48.5 Å². The molecule has 0 atom stereocenters. The van der Waals surface area contributed by atoms with Crippen molar-refractivity contribution in [3.63, 3.8) is 0 Å². The van der Waals surface area contributed by atoms with E-state index in [9.17, 15) is 4.79 Å². The second-order valence-corrected chi connectivity index (χ2v) is 9.84. The molecule has 0 aliphatic rings. The number of hydrogen-bond donors (Lipinski definition) is 0. The zero-order valence-corrected chi connectivity index (χ0v) is 17.2. The van der Waals surface area contributed by atoms with Gasteiger partial charge in [-0.15, -0.1) is 20.7 Å². The number of nitrogens with zero attached hydrogens (tertiary/aromatic N) is 1. The van der Waals surface area contributed by atoms with Gasteiger partial charge in [-0.05, 0) is 15.7 Å². The van der Waals surface area contributed by atoms with Crippen molar-refractivity contribution in [1.29, 1.82) is 0 Å². The average molecular weight is 422 g/mol. The van der Waals surface area contributed by atoms with E-state index in [0.29, 0.717) is 10.3 Å². The number of benzene rings is 1. The van der Waals surface area contributed by atoms with Gasteiger partial charge in [0.25, 0.3) is 0 Å². The molecule has 5 heteroatoms. The summed E-state index contributed by atoms with van der Waals surface area (Å²) >= 11 is 0. The molecule has 124 valence electrons. The number of amides is 1. The fourth-order valence-electron chi connectivity index (χ4n) is 1.81. The van der Waals surface area contributed by atoms with Crippen LogP contribution < -0.4 is 17.8 Å². The van der Waals surface area contributed by atoms with Gasteiger partial charge in [0.05, 0.1) is 0 Å². The largest absolute Gasteiger partial charge is 2.00 e. The Labute approximate surface area is 151 Å². The van der Waals surface area contributed by atoms with Crippen molar-refractivity contribution in [2.24, 2.45) is 4.99 Å². The van der Waals surface area contributed by atoms with Gasteiger partial charge in [0.15, 0.2) is 0 Å². The minimum absolute atomic E-state index is 0. The molecule has 0 aromatic heterocycles. The molecule has 1 aromatic carbocycles. The zero-order chi connectivity index (χ0) is 15.1. The molecule has 0 saturated carbocycles. The molecular weight excluding hydrogens is 395 g/mol. The monoisotopic (exact) mass is 421 g/mol. The summed E-state index contributed by atoms with van der Waals surface area (Å²) in [5.41, 5.74) is 0. The summed E-state index contributed by atoms with van der Waals surface area (Å²) in [7, 11) is 1.05. The van der Waals surface area contributed by atoms with Crippen molar-refractivity contribution in [2.75, 3.05) is 0 Å². The first-order valence-electron chi connectivity index (χ1n) is 6.56. The molecule has 1 aromatic rings. The molecule has 0 fully saturated rings. The molecule has 21 heavy (non-hydrogen) atoms. The van der Waals surface area contributed by atoms with E-state index in [0.717, 1.165) is 13.9 Å². The second kappa shape index (κ2) is 11.6. The Kier molecular flexibility index (Phi) is 14.4. The van der Waals surface area contributed by atoms with E-state index >= 15 is 0 Å². The molecule has 0 N–H and O–H groups in total. The first kappa shape index (κ1) is 26.0. The molecule has 1 rings (SSSR count). The summed E-state index contributed by atoms with van der Waals surface area (Å²) in [5, 5.41) is 1.74. The third-order valence-electron chi connectivity index (χ3n) is 1.79. The molecule has 0 unspecified atom stereocenters. The van der Waals surface area contributed by atoms with Gasteiger partial charge in [-0.2, -0.15) is 18.2 Å². The molecule has 0 aliphatic carbocycles. The Morgan fingerprint density at radius 3 is 1.81 bits per heavy atom. The predicted molar refractivity (Wildman–Crippen MR) is 86.1 cm³/mol. The van der Waals surface area contributed by atoms with E-state index in [1.54, 1.807) is 12.1 Å². The van der Waals surface area contributed by atoms with Crippen LogP contribution >= 0.6 is 8.58 Å². The van der Waals surface area contributed by atoms with Gasteiger partial charge in [0.1, 0.15) is 0 Å². The van der Waals surface area contributed by atoms with E-state index in [4.69, 9.17) is 0 Å². The van der Waals surface area contributed by atoms with E-state index in [2.05, 4.69) is 46.5 Å². The van der Waals surface area contributed by atoms with Crippen LogP contribution in [0.15, 0.2) is 35.3 Å². The first-order chi connectivity index (χ1) is 8.49. The van der Waals surface area contributed by atoms with E-state index in [1.807, 2.05) is 18.2 Å². The molecule has 0 saturated heterocycles. The summed E-state index contributed by atoms with van der Waals surface area (Å²) in [6.07, 6.45) is 0. The number of carbonyl (C=O) groups excluding carboxylic acids is 1. The molecular formula is C16H27ClNOPPd. The Hall–Kier alpha value is 0.0723. The Morgan fingerprint density at radius 2 is 1.57 bits per heavy atom. The van der Waals surface area contributed by atoms with Crippen LogP contribution in [0.25, 0.3) is 0 Å². The van der Waals surface area contributed by atoms with Crippen LogP contribution in [0.2, 0.25) is 0 Å². The first-order valence-corrected chi connectivity index (χ1v) is 7.56. The van der Waals surface area contributed by atoms with Gasteiger partial charge in [0, 0.05) is 6.92 Å². The average Bonchev–Trinajstić information content (AvgIpc) is 2.12. The van der Waals surface area contributed by atoms with Crippen LogP contribution in [-0.2, 0) is 25.2 Å². The topological polar surface area (TPSA) is 29.4 Å². The van der Waals surface area contributed by atoms with Crippen LogP contribution in [0.5, 0.6) is 0 Å². The number of carbonyl (C=O) groups is 1. The van der Waals surface area contributed by atoms with Gasteiger partial charge in [-0.1, -0.05) is 41.5 Å². The van der Waals surface area contributed by atoms with E-state index in [1.165, 1.54) is 6.92 Å². The van der Waals surface area contributed by atoms with Gasteiger partial charge >= 0.3 is 20.4 Å². The van der Waals surface area contributed by atoms with Crippen molar-refractivity contribution in [3.05, 3.63) is 35.7 Å². The van der Waals surface area contributed by atoms with Crippen molar-refractivity contribution in [2.45, 2.75) is 58.8 Å². The number of halogens is 1. The molecule has 0 spiro atoms. The third-order valence-corrected chi connectivity index (χ3v) is 3.29. The summed E-state index contributed by atoms with van der Waals surface area (Å²) < 4.78 is 0. The second-order valence-electron chi connectivity index (χ2n) is 6.59. The van der Waals surface area contributed by atoms with Crippen molar-refractivity contribution in [1.82, 2.24) is 0 Å². The normalized spacial score (nSPS) is 10.2. The summed E-state index contributed by atoms with van der Waals surface area (Å²) in [6, 6.07) is 9.17. The minimum atomic E-state index is -0.161. The van der Waals surface area contributed by atoms with Crippen LogP contribution in [0.3, 0.4) is 0 Å². The van der Waals surface area contributed by atoms with Crippen molar-refractivity contribution in [3.8, 4) is 0 Å². The number of hydrogen-bond acceptors (Lipinski definition) is 1. The van der Waals surface area contributed by atoms with Crippen LogP contribution in [0, 0.1) is 0 Å². The van der Waals surface area contributed by atoms with Gasteiger partial charge in [0.2, 0.25) is 5.91 Å². The van der Waals surface area contributed by atoms with Gasteiger partial charge in [-0.25, -0.2) is 4.99 Å². The fourth-order valence-corrected chi connectivity index (χ4v) is 4.06. The van der Waals surface area contributed by atoms with Gasteiger partial charge < -0.3 is 12.4 Å². The molecule has 1 amide bonds. The summed E-state index contributed by atoms with van der Waals surface area (Å²) in [5.74, 6) is -0.161.